The van der Waals surface area contributed by atoms with Crippen molar-refractivity contribution >= 4 is 16.9 Å². The number of nitrogens with zero attached hydrogens (tertiary/aromatic N) is 4. The van der Waals surface area contributed by atoms with Crippen LogP contribution >= 0.6 is 0 Å². The first kappa shape index (κ1) is 17.6. The summed E-state index contributed by atoms with van der Waals surface area (Å²) in [6.45, 7) is 0.830. The van der Waals surface area contributed by atoms with E-state index in [1.54, 1.807) is 59.1 Å². The van der Waals surface area contributed by atoms with E-state index in [0.29, 0.717) is 42.7 Å². The molecule has 1 aliphatic heterocycles. The Kier molecular flexibility index (Phi) is 4.20. The molecule has 1 aliphatic rings. The van der Waals surface area contributed by atoms with Crippen molar-refractivity contribution in [1.29, 1.82) is 0 Å². The molecule has 1 aromatic carbocycles. The molecule has 0 aliphatic carbocycles. The third kappa shape index (κ3) is 3.09. The van der Waals surface area contributed by atoms with Crippen LogP contribution in [0.25, 0.3) is 11.0 Å². The molecule has 0 spiro atoms. The van der Waals surface area contributed by atoms with Gasteiger partial charge in [-0.2, -0.15) is 13.2 Å². The Hall–Kier alpha value is -2.77. The molecule has 5 nitrogen and oxygen atoms in total. The van der Waals surface area contributed by atoms with Crippen molar-refractivity contribution in [2.45, 2.75) is 25.1 Å². The van der Waals surface area contributed by atoms with Crippen LogP contribution in [0, 0.1) is 0 Å². The lowest BCUT2D eigenvalue weighted by atomic mass is 10.0. The Morgan fingerprint density at radius 1 is 1.11 bits per heavy atom. The van der Waals surface area contributed by atoms with Gasteiger partial charge in [0.05, 0.1) is 11.0 Å². The van der Waals surface area contributed by atoms with Crippen LogP contribution in [0.2, 0.25) is 0 Å². The molecule has 0 saturated carbocycles. The van der Waals surface area contributed by atoms with E-state index in [0.717, 1.165) is 0 Å². The minimum absolute atomic E-state index is 0.0903. The fraction of sp³-hybridized carbons (Fsp3) is 0.368. The van der Waals surface area contributed by atoms with Crippen LogP contribution in [0.1, 0.15) is 35.2 Å². The smallest absolute Gasteiger partial charge is 0.347 e. The van der Waals surface area contributed by atoms with E-state index in [9.17, 15) is 18.0 Å². The Bertz CT molecular complexity index is 980. The highest BCUT2D eigenvalue weighted by molar-refractivity contribution is 5.92. The van der Waals surface area contributed by atoms with Crippen LogP contribution < -0.4 is 0 Å². The van der Waals surface area contributed by atoms with Crippen LogP contribution in [0.15, 0.2) is 42.6 Å². The van der Waals surface area contributed by atoms with Gasteiger partial charge >= 0.3 is 6.18 Å². The number of fused-ring (bicyclic) bond motifs is 1. The topological polar surface area (TPSA) is 43.1 Å². The van der Waals surface area contributed by atoms with E-state index in [-0.39, 0.29) is 11.9 Å². The SMILES string of the molecule is Cn1cccc1C(=O)N1CCC(n2c(C(F)(F)F)nc3ccccc32)CC1. The van der Waals surface area contributed by atoms with Gasteiger partial charge in [-0.15, -0.1) is 0 Å². The second-order valence-electron chi connectivity index (χ2n) is 6.82. The number of rotatable bonds is 2. The summed E-state index contributed by atoms with van der Waals surface area (Å²) in [5.41, 5.74) is 1.40. The van der Waals surface area contributed by atoms with Crippen molar-refractivity contribution < 1.29 is 18.0 Å². The van der Waals surface area contributed by atoms with Crippen molar-refractivity contribution in [3.05, 3.63) is 54.1 Å². The monoisotopic (exact) mass is 376 g/mol. The summed E-state index contributed by atoms with van der Waals surface area (Å²) in [6, 6.07) is 9.86. The van der Waals surface area contributed by atoms with E-state index in [4.69, 9.17) is 0 Å². The maximum Gasteiger partial charge on any atom is 0.449 e. The third-order valence-electron chi connectivity index (χ3n) is 5.13. The fourth-order valence-electron chi connectivity index (χ4n) is 3.79. The van der Waals surface area contributed by atoms with E-state index in [1.165, 1.54) is 4.57 Å². The Labute approximate surface area is 154 Å². The van der Waals surface area contributed by atoms with E-state index in [1.807, 2.05) is 0 Å². The van der Waals surface area contributed by atoms with Gasteiger partial charge in [-0.3, -0.25) is 4.79 Å². The number of benzene rings is 1. The van der Waals surface area contributed by atoms with Crippen LogP contribution in [0.4, 0.5) is 13.2 Å². The molecule has 0 unspecified atom stereocenters. The summed E-state index contributed by atoms with van der Waals surface area (Å²) in [4.78, 5) is 18.1. The average molecular weight is 376 g/mol. The zero-order valence-corrected chi connectivity index (χ0v) is 14.8. The highest BCUT2D eigenvalue weighted by atomic mass is 19.4. The predicted molar refractivity (Wildman–Crippen MR) is 94.3 cm³/mol. The number of para-hydroxylation sites is 2. The molecule has 0 radical (unpaired) electrons. The number of carbonyl (C=O) groups excluding carboxylic acids is 1. The van der Waals surface area contributed by atoms with Gasteiger partial charge in [0.25, 0.3) is 5.91 Å². The molecule has 0 atom stereocenters. The van der Waals surface area contributed by atoms with Crippen molar-refractivity contribution in [3.8, 4) is 0 Å². The van der Waals surface area contributed by atoms with Gasteiger partial charge in [0.15, 0.2) is 0 Å². The average Bonchev–Trinajstić information content (AvgIpc) is 3.24. The lowest BCUT2D eigenvalue weighted by molar-refractivity contribution is -0.147. The summed E-state index contributed by atoms with van der Waals surface area (Å²) in [7, 11) is 1.80. The first-order valence-electron chi connectivity index (χ1n) is 8.81. The van der Waals surface area contributed by atoms with Gasteiger partial charge in [-0.1, -0.05) is 12.1 Å². The molecule has 8 heteroatoms. The number of hydrogen-bond donors (Lipinski definition) is 0. The standard InChI is InChI=1S/C19H19F3N4O/c1-24-10-4-7-16(24)17(27)25-11-8-13(9-12-25)26-15-6-3-2-5-14(15)23-18(26)19(20,21)22/h2-7,10,13H,8-9,11-12H2,1H3. The number of aromatic nitrogens is 3. The molecule has 2 aromatic heterocycles. The zero-order valence-electron chi connectivity index (χ0n) is 14.8. The molecule has 4 rings (SSSR count). The van der Waals surface area contributed by atoms with Gasteiger partial charge in [-0.05, 0) is 37.1 Å². The maximum atomic E-state index is 13.5. The van der Waals surface area contributed by atoms with Crippen molar-refractivity contribution in [2.75, 3.05) is 13.1 Å². The number of piperidine rings is 1. The van der Waals surface area contributed by atoms with Crippen LogP contribution in [0.5, 0.6) is 0 Å². The maximum absolute atomic E-state index is 13.5. The number of imidazole rings is 1. The van der Waals surface area contributed by atoms with E-state index < -0.39 is 12.0 Å². The minimum Gasteiger partial charge on any atom is -0.347 e. The number of aryl methyl sites for hydroxylation is 1. The van der Waals surface area contributed by atoms with Gasteiger partial charge < -0.3 is 14.0 Å². The molecule has 0 N–H and O–H groups in total. The summed E-state index contributed by atoms with van der Waals surface area (Å²) in [6.07, 6.45) is -1.80. The van der Waals surface area contributed by atoms with Crippen LogP contribution in [-0.2, 0) is 13.2 Å². The Morgan fingerprint density at radius 2 is 1.81 bits per heavy atom. The van der Waals surface area contributed by atoms with Gasteiger partial charge in [0.2, 0.25) is 5.82 Å². The number of carbonyl (C=O) groups is 1. The highest BCUT2D eigenvalue weighted by Crippen LogP contribution is 2.36. The molecule has 0 bridgehead atoms. The molecule has 3 heterocycles. The summed E-state index contributed by atoms with van der Waals surface area (Å²) >= 11 is 0. The van der Waals surface area contributed by atoms with Crippen LogP contribution in [0.3, 0.4) is 0 Å². The molecule has 1 saturated heterocycles. The third-order valence-corrected chi connectivity index (χ3v) is 5.13. The number of likely N-dealkylation sites (tertiary alicyclic amines) is 1. The Morgan fingerprint density at radius 3 is 2.44 bits per heavy atom. The van der Waals surface area contributed by atoms with Crippen LogP contribution in [-0.4, -0.2) is 38.0 Å². The molecular weight excluding hydrogens is 357 g/mol. The summed E-state index contributed by atoms with van der Waals surface area (Å²) < 4.78 is 43.6. The number of halogens is 3. The van der Waals surface area contributed by atoms with E-state index in [2.05, 4.69) is 4.98 Å². The van der Waals surface area contributed by atoms with Crippen molar-refractivity contribution in [3.63, 3.8) is 0 Å². The molecular formula is C19H19F3N4O. The Balaban J connectivity index is 1.60. The largest absolute Gasteiger partial charge is 0.449 e. The molecule has 1 amide bonds. The second-order valence-corrected chi connectivity index (χ2v) is 6.82. The molecule has 27 heavy (non-hydrogen) atoms. The first-order valence-corrected chi connectivity index (χ1v) is 8.81. The highest BCUT2D eigenvalue weighted by Gasteiger charge is 2.40. The number of alkyl halides is 3. The normalized spacial score (nSPS) is 16.2. The summed E-state index contributed by atoms with van der Waals surface area (Å²) in [5.74, 6) is -0.955. The quantitative estimate of drug-likeness (QED) is 0.681. The lowest BCUT2D eigenvalue weighted by Gasteiger charge is -2.33. The van der Waals surface area contributed by atoms with Gasteiger partial charge in [0.1, 0.15) is 5.69 Å². The van der Waals surface area contributed by atoms with Gasteiger partial charge in [-0.25, -0.2) is 4.98 Å². The molecule has 3 aromatic rings. The van der Waals surface area contributed by atoms with E-state index >= 15 is 0 Å². The predicted octanol–water partition coefficient (Wildman–Crippen LogP) is 3.87. The van der Waals surface area contributed by atoms with Crippen molar-refractivity contribution in [2.24, 2.45) is 7.05 Å². The molecule has 1 fully saturated rings. The summed E-state index contributed by atoms with van der Waals surface area (Å²) in [5, 5.41) is 0. The number of hydrogen-bond acceptors (Lipinski definition) is 2. The zero-order chi connectivity index (χ0) is 19.2. The number of amides is 1. The van der Waals surface area contributed by atoms with Gasteiger partial charge in [0, 0.05) is 32.4 Å². The second kappa shape index (κ2) is 6.44. The minimum atomic E-state index is -4.52. The van der Waals surface area contributed by atoms with Crippen molar-refractivity contribution in [1.82, 2.24) is 19.0 Å². The lowest BCUT2D eigenvalue weighted by Crippen LogP contribution is -2.40. The fourth-order valence-corrected chi connectivity index (χ4v) is 3.79. The molecule has 142 valence electrons. The first-order chi connectivity index (χ1) is 12.9.